The van der Waals surface area contributed by atoms with Crippen LogP contribution in [0.1, 0.15) is 25.2 Å². The molecule has 2 N–H and O–H groups in total. The summed E-state index contributed by atoms with van der Waals surface area (Å²) in [6.07, 6.45) is 2.86. The second kappa shape index (κ2) is 7.11. The molecule has 0 saturated heterocycles. The molecule has 1 aromatic carbocycles. The Morgan fingerprint density at radius 2 is 2.15 bits per heavy atom. The van der Waals surface area contributed by atoms with Crippen LogP contribution in [0.25, 0.3) is 11.0 Å². The highest BCUT2D eigenvalue weighted by molar-refractivity contribution is 7.98. The van der Waals surface area contributed by atoms with E-state index in [1.165, 1.54) is 0 Å². The fourth-order valence-electron chi connectivity index (χ4n) is 2.55. The van der Waals surface area contributed by atoms with Crippen LogP contribution in [0.3, 0.4) is 0 Å². The van der Waals surface area contributed by atoms with Crippen molar-refractivity contribution in [3.05, 3.63) is 30.1 Å². The van der Waals surface area contributed by atoms with E-state index < -0.39 is 0 Å². The Morgan fingerprint density at radius 1 is 1.40 bits per heavy atom. The summed E-state index contributed by atoms with van der Waals surface area (Å²) in [6.45, 7) is 2.35. The highest BCUT2D eigenvalue weighted by Crippen LogP contribution is 2.20. The number of aromatic nitrogens is 2. The van der Waals surface area contributed by atoms with E-state index in [2.05, 4.69) is 36.2 Å². The number of rotatable bonds is 7. The maximum Gasteiger partial charge on any atom is 0.126 e. The molecular formula is C15H23N3OS. The predicted octanol–water partition coefficient (Wildman–Crippen LogP) is 2.34. The number of nitrogens with one attached hydrogen (secondary N) is 1. The van der Waals surface area contributed by atoms with Gasteiger partial charge in [0.2, 0.25) is 0 Å². The van der Waals surface area contributed by atoms with Crippen molar-refractivity contribution < 1.29 is 5.11 Å². The van der Waals surface area contributed by atoms with E-state index in [0.29, 0.717) is 6.04 Å². The van der Waals surface area contributed by atoms with Gasteiger partial charge in [0, 0.05) is 25.4 Å². The first-order chi connectivity index (χ1) is 9.67. The van der Waals surface area contributed by atoms with Crippen LogP contribution in [0.15, 0.2) is 24.3 Å². The van der Waals surface area contributed by atoms with Crippen molar-refractivity contribution in [2.75, 3.05) is 18.6 Å². The Balaban J connectivity index is 2.17. The number of fused-ring (bicyclic) bond motifs is 1. The van der Waals surface area contributed by atoms with E-state index in [0.717, 1.165) is 29.0 Å². The standard InChI is InChI=1S/C15H23N3OS/c1-11(16-12(8-9-19)10-20-3)15-17-13-6-4-5-7-14(13)18(15)2/h4-7,11-12,16,19H,8-10H2,1-3H3. The Bertz CT molecular complexity index is 549. The number of hydrogen-bond donors (Lipinski definition) is 2. The quantitative estimate of drug-likeness (QED) is 0.823. The first-order valence-corrected chi connectivity index (χ1v) is 8.34. The van der Waals surface area contributed by atoms with Gasteiger partial charge in [-0.15, -0.1) is 0 Å². The zero-order valence-corrected chi connectivity index (χ0v) is 13.2. The number of benzene rings is 1. The number of aryl methyl sites for hydroxylation is 1. The molecule has 5 heteroatoms. The van der Waals surface area contributed by atoms with Gasteiger partial charge in [0.15, 0.2) is 0 Å². The fraction of sp³-hybridized carbons (Fsp3) is 0.533. The van der Waals surface area contributed by atoms with Crippen molar-refractivity contribution >= 4 is 22.8 Å². The monoisotopic (exact) mass is 293 g/mol. The fourth-order valence-corrected chi connectivity index (χ4v) is 3.22. The van der Waals surface area contributed by atoms with Crippen LogP contribution in [0, 0.1) is 0 Å². The summed E-state index contributed by atoms with van der Waals surface area (Å²) in [5, 5.41) is 12.7. The molecule has 110 valence electrons. The van der Waals surface area contributed by atoms with Gasteiger partial charge in [-0.3, -0.25) is 0 Å². The number of para-hydroxylation sites is 2. The Kier molecular flexibility index (Phi) is 5.46. The molecule has 2 aromatic rings. The van der Waals surface area contributed by atoms with Crippen LogP contribution in [0.5, 0.6) is 0 Å². The molecule has 1 aromatic heterocycles. The molecule has 0 saturated carbocycles. The third kappa shape index (κ3) is 3.34. The molecule has 20 heavy (non-hydrogen) atoms. The van der Waals surface area contributed by atoms with Crippen LogP contribution >= 0.6 is 11.8 Å². The zero-order chi connectivity index (χ0) is 14.5. The molecule has 0 radical (unpaired) electrons. The van der Waals surface area contributed by atoms with Crippen molar-refractivity contribution in [2.24, 2.45) is 7.05 Å². The van der Waals surface area contributed by atoms with Gasteiger partial charge in [-0.25, -0.2) is 4.98 Å². The smallest absolute Gasteiger partial charge is 0.126 e. The molecule has 4 nitrogen and oxygen atoms in total. The summed E-state index contributed by atoms with van der Waals surface area (Å²) in [6, 6.07) is 8.65. The lowest BCUT2D eigenvalue weighted by Crippen LogP contribution is -2.35. The Labute approximate surface area is 124 Å². The molecule has 0 aliphatic carbocycles. The summed E-state index contributed by atoms with van der Waals surface area (Å²) >= 11 is 1.80. The van der Waals surface area contributed by atoms with Crippen LogP contribution < -0.4 is 5.32 Å². The van der Waals surface area contributed by atoms with Crippen molar-refractivity contribution in [3.63, 3.8) is 0 Å². The van der Waals surface area contributed by atoms with E-state index in [-0.39, 0.29) is 12.6 Å². The average molecular weight is 293 g/mol. The summed E-state index contributed by atoms with van der Waals surface area (Å²) in [7, 11) is 2.05. The number of imidazole rings is 1. The van der Waals surface area contributed by atoms with E-state index in [1.54, 1.807) is 11.8 Å². The highest BCUT2D eigenvalue weighted by Gasteiger charge is 2.17. The van der Waals surface area contributed by atoms with E-state index in [1.807, 2.05) is 18.2 Å². The molecule has 0 aliphatic heterocycles. The third-order valence-corrected chi connectivity index (χ3v) is 4.28. The minimum absolute atomic E-state index is 0.163. The molecule has 2 rings (SSSR count). The van der Waals surface area contributed by atoms with Gasteiger partial charge in [0.05, 0.1) is 17.1 Å². The predicted molar refractivity (Wildman–Crippen MR) is 86.1 cm³/mol. The van der Waals surface area contributed by atoms with Gasteiger partial charge in [-0.05, 0) is 31.7 Å². The van der Waals surface area contributed by atoms with Gasteiger partial charge < -0.3 is 15.0 Å². The number of aliphatic hydroxyl groups excluding tert-OH is 1. The lowest BCUT2D eigenvalue weighted by molar-refractivity contribution is 0.264. The number of aliphatic hydroxyl groups is 1. The Hall–Kier alpha value is -1.04. The van der Waals surface area contributed by atoms with E-state index >= 15 is 0 Å². The van der Waals surface area contributed by atoms with Gasteiger partial charge in [-0.2, -0.15) is 11.8 Å². The molecular weight excluding hydrogens is 270 g/mol. The van der Waals surface area contributed by atoms with Crippen molar-refractivity contribution in [3.8, 4) is 0 Å². The average Bonchev–Trinajstić information content (AvgIpc) is 2.77. The maximum atomic E-state index is 9.15. The molecule has 0 spiro atoms. The van der Waals surface area contributed by atoms with Crippen LogP contribution in [-0.2, 0) is 7.05 Å². The normalized spacial score (nSPS) is 14.6. The summed E-state index contributed by atoms with van der Waals surface area (Å²) in [5.74, 6) is 2.03. The molecule has 0 amide bonds. The van der Waals surface area contributed by atoms with Crippen LogP contribution in [0.2, 0.25) is 0 Å². The summed E-state index contributed by atoms with van der Waals surface area (Å²) < 4.78 is 2.14. The zero-order valence-electron chi connectivity index (χ0n) is 12.3. The SMILES string of the molecule is CSCC(CCO)NC(C)c1nc2ccccc2n1C. The van der Waals surface area contributed by atoms with Crippen LogP contribution in [-0.4, -0.2) is 39.3 Å². The van der Waals surface area contributed by atoms with Crippen molar-refractivity contribution in [1.82, 2.24) is 14.9 Å². The molecule has 1 heterocycles. The lowest BCUT2D eigenvalue weighted by Gasteiger charge is -2.22. The van der Waals surface area contributed by atoms with Crippen molar-refractivity contribution in [2.45, 2.75) is 25.4 Å². The van der Waals surface area contributed by atoms with Gasteiger partial charge in [-0.1, -0.05) is 12.1 Å². The van der Waals surface area contributed by atoms with Gasteiger partial charge in [0.25, 0.3) is 0 Å². The number of nitrogens with zero attached hydrogens (tertiary/aromatic N) is 2. The second-order valence-corrected chi connectivity index (χ2v) is 5.98. The summed E-state index contributed by atoms with van der Waals surface area (Å²) in [5.41, 5.74) is 2.18. The molecule has 0 bridgehead atoms. The highest BCUT2D eigenvalue weighted by atomic mass is 32.2. The first-order valence-electron chi connectivity index (χ1n) is 6.94. The molecule has 2 atom stereocenters. The van der Waals surface area contributed by atoms with E-state index in [9.17, 15) is 0 Å². The van der Waals surface area contributed by atoms with Crippen LogP contribution in [0.4, 0.5) is 0 Å². The van der Waals surface area contributed by atoms with E-state index in [4.69, 9.17) is 10.1 Å². The lowest BCUT2D eigenvalue weighted by atomic mass is 10.2. The van der Waals surface area contributed by atoms with Gasteiger partial charge in [0.1, 0.15) is 5.82 Å². The van der Waals surface area contributed by atoms with Crippen molar-refractivity contribution in [1.29, 1.82) is 0 Å². The Morgan fingerprint density at radius 3 is 2.80 bits per heavy atom. The topological polar surface area (TPSA) is 50.1 Å². The molecule has 0 fully saturated rings. The second-order valence-electron chi connectivity index (χ2n) is 5.07. The van der Waals surface area contributed by atoms with Gasteiger partial charge >= 0.3 is 0 Å². The number of hydrogen-bond acceptors (Lipinski definition) is 4. The molecule has 2 unspecified atom stereocenters. The first kappa shape index (κ1) is 15.4. The maximum absolute atomic E-state index is 9.15. The largest absolute Gasteiger partial charge is 0.396 e. The molecule has 0 aliphatic rings. The summed E-state index contributed by atoms with van der Waals surface area (Å²) in [4.78, 5) is 4.72. The minimum atomic E-state index is 0.163. The number of thioether (sulfide) groups is 1. The third-order valence-electron chi connectivity index (χ3n) is 3.54. The minimum Gasteiger partial charge on any atom is -0.396 e.